The van der Waals surface area contributed by atoms with Gasteiger partial charge >= 0.3 is 0 Å². The predicted molar refractivity (Wildman–Crippen MR) is 78.2 cm³/mol. The van der Waals surface area contributed by atoms with Crippen molar-refractivity contribution in [2.24, 2.45) is 0 Å². The van der Waals surface area contributed by atoms with Gasteiger partial charge in [-0.15, -0.1) is 11.3 Å². The van der Waals surface area contributed by atoms with Crippen LogP contribution in [0.25, 0.3) is 0 Å². The van der Waals surface area contributed by atoms with Gasteiger partial charge < -0.3 is 9.64 Å². The SMILES string of the molecule is Cc1cc(C)nc(C2CN(C(=O)c3cncs3)CCO2)n1. The fraction of sp³-hybridized carbons (Fsp3) is 0.429. The third-order valence-electron chi connectivity index (χ3n) is 3.28. The lowest BCUT2D eigenvalue weighted by Gasteiger charge is -2.32. The van der Waals surface area contributed by atoms with Crippen LogP contribution >= 0.6 is 11.3 Å². The summed E-state index contributed by atoms with van der Waals surface area (Å²) in [7, 11) is 0. The number of amides is 1. The van der Waals surface area contributed by atoms with Gasteiger partial charge in [0, 0.05) is 17.9 Å². The number of morpholine rings is 1. The molecule has 0 aromatic carbocycles. The van der Waals surface area contributed by atoms with Crippen LogP contribution in [0.5, 0.6) is 0 Å². The molecule has 1 saturated heterocycles. The van der Waals surface area contributed by atoms with Gasteiger partial charge in [-0.2, -0.15) is 0 Å². The maximum atomic E-state index is 12.4. The maximum Gasteiger partial charge on any atom is 0.265 e. The number of nitrogens with zero attached hydrogens (tertiary/aromatic N) is 4. The van der Waals surface area contributed by atoms with Gasteiger partial charge in [-0.25, -0.2) is 9.97 Å². The highest BCUT2D eigenvalue weighted by Crippen LogP contribution is 2.22. The van der Waals surface area contributed by atoms with E-state index >= 15 is 0 Å². The van der Waals surface area contributed by atoms with E-state index in [4.69, 9.17) is 4.74 Å². The third kappa shape index (κ3) is 3.08. The molecule has 2 aromatic heterocycles. The van der Waals surface area contributed by atoms with E-state index in [1.165, 1.54) is 11.3 Å². The number of ether oxygens (including phenoxy) is 1. The Balaban J connectivity index is 1.78. The predicted octanol–water partition coefficient (Wildman–Crippen LogP) is 1.76. The van der Waals surface area contributed by atoms with Gasteiger partial charge in [-0.05, 0) is 19.9 Å². The summed E-state index contributed by atoms with van der Waals surface area (Å²) in [5.74, 6) is 0.643. The number of rotatable bonds is 2. The Morgan fingerprint density at radius 3 is 2.81 bits per heavy atom. The first-order valence-electron chi connectivity index (χ1n) is 6.75. The number of hydrogen-bond acceptors (Lipinski definition) is 6. The summed E-state index contributed by atoms with van der Waals surface area (Å²) in [5.41, 5.74) is 3.48. The first-order chi connectivity index (χ1) is 10.1. The van der Waals surface area contributed by atoms with Gasteiger partial charge in [0.1, 0.15) is 11.0 Å². The molecule has 1 aliphatic rings. The lowest BCUT2D eigenvalue weighted by Crippen LogP contribution is -2.42. The second-order valence-electron chi connectivity index (χ2n) is 4.99. The molecule has 2 aromatic rings. The fourth-order valence-corrected chi connectivity index (χ4v) is 2.95. The van der Waals surface area contributed by atoms with Crippen molar-refractivity contribution in [3.63, 3.8) is 0 Å². The van der Waals surface area contributed by atoms with Crippen molar-refractivity contribution < 1.29 is 9.53 Å². The van der Waals surface area contributed by atoms with Gasteiger partial charge in [0.05, 0.1) is 24.9 Å². The number of aryl methyl sites for hydroxylation is 2. The molecule has 7 heteroatoms. The largest absolute Gasteiger partial charge is 0.367 e. The minimum atomic E-state index is -0.269. The minimum absolute atomic E-state index is 0.00447. The standard InChI is InChI=1S/C14H16N4O2S/c1-9-5-10(2)17-13(16-9)11-7-18(3-4-20-11)14(19)12-6-15-8-21-12/h5-6,8,11H,3-4,7H2,1-2H3. The highest BCUT2D eigenvalue weighted by atomic mass is 32.1. The van der Waals surface area contributed by atoms with Crippen LogP contribution < -0.4 is 0 Å². The van der Waals surface area contributed by atoms with Gasteiger partial charge in [0.2, 0.25) is 0 Å². The normalized spacial score (nSPS) is 18.8. The monoisotopic (exact) mass is 304 g/mol. The molecule has 6 nitrogen and oxygen atoms in total. The summed E-state index contributed by atoms with van der Waals surface area (Å²) < 4.78 is 5.74. The molecule has 3 heterocycles. The smallest absolute Gasteiger partial charge is 0.265 e. The molecule has 0 bridgehead atoms. The molecule has 1 unspecified atom stereocenters. The molecular formula is C14H16N4O2S. The number of carbonyl (C=O) groups excluding carboxylic acids is 1. The van der Waals surface area contributed by atoms with E-state index < -0.39 is 0 Å². The van der Waals surface area contributed by atoms with Crippen LogP contribution in [0.1, 0.15) is 33.0 Å². The van der Waals surface area contributed by atoms with E-state index in [1.807, 2.05) is 19.9 Å². The zero-order valence-corrected chi connectivity index (χ0v) is 12.8. The van der Waals surface area contributed by atoms with E-state index in [0.717, 1.165) is 11.4 Å². The Morgan fingerprint density at radius 1 is 1.38 bits per heavy atom. The van der Waals surface area contributed by atoms with E-state index in [9.17, 15) is 4.79 Å². The summed E-state index contributed by atoms with van der Waals surface area (Å²) in [6, 6.07) is 1.92. The Hall–Kier alpha value is -1.86. The Bertz CT molecular complexity index is 624. The first kappa shape index (κ1) is 14.1. The zero-order chi connectivity index (χ0) is 14.8. The van der Waals surface area contributed by atoms with Gasteiger partial charge in [-0.3, -0.25) is 9.78 Å². The van der Waals surface area contributed by atoms with E-state index in [0.29, 0.717) is 30.4 Å². The van der Waals surface area contributed by atoms with Crippen LogP contribution in [0, 0.1) is 13.8 Å². The summed E-state index contributed by atoms with van der Waals surface area (Å²) in [6.07, 6.45) is 1.33. The molecule has 1 fully saturated rings. The Morgan fingerprint density at radius 2 is 2.14 bits per heavy atom. The van der Waals surface area contributed by atoms with Crippen molar-refractivity contribution in [2.45, 2.75) is 20.0 Å². The van der Waals surface area contributed by atoms with E-state index in [2.05, 4.69) is 15.0 Å². The average molecular weight is 304 g/mol. The van der Waals surface area contributed by atoms with Gasteiger partial charge in [0.25, 0.3) is 5.91 Å². The molecule has 0 spiro atoms. The topological polar surface area (TPSA) is 68.2 Å². The lowest BCUT2D eigenvalue weighted by atomic mass is 10.2. The Kier molecular flexibility index (Phi) is 3.94. The summed E-state index contributed by atoms with van der Waals surface area (Å²) >= 11 is 1.35. The second-order valence-corrected chi connectivity index (χ2v) is 5.87. The molecule has 3 rings (SSSR count). The molecule has 0 saturated carbocycles. The van der Waals surface area contributed by atoms with E-state index in [-0.39, 0.29) is 12.0 Å². The van der Waals surface area contributed by atoms with Crippen LogP contribution in [-0.4, -0.2) is 45.5 Å². The number of thiazole rings is 1. The average Bonchev–Trinajstić information content (AvgIpc) is 3.00. The second kappa shape index (κ2) is 5.87. The summed E-state index contributed by atoms with van der Waals surface area (Å²) in [4.78, 5) is 27.6. The minimum Gasteiger partial charge on any atom is -0.367 e. The van der Waals surface area contributed by atoms with Crippen LogP contribution in [0.3, 0.4) is 0 Å². The van der Waals surface area contributed by atoms with Crippen molar-refractivity contribution in [3.05, 3.63) is 39.9 Å². The molecule has 1 amide bonds. The fourth-order valence-electron chi connectivity index (χ4n) is 2.36. The summed E-state index contributed by atoms with van der Waals surface area (Å²) in [5, 5.41) is 0. The molecule has 0 radical (unpaired) electrons. The van der Waals surface area contributed by atoms with Crippen LogP contribution in [0.2, 0.25) is 0 Å². The number of aromatic nitrogens is 3. The Labute approximate surface area is 126 Å². The van der Waals surface area contributed by atoms with Gasteiger partial charge in [-0.1, -0.05) is 0 Å². The van der Waals surface area contributed by atoms with Crippen LogP contribution in [0.4, 0.5) is 0 Å². The van der Waals surface area contributed by atoms with Crippen molar-refractivity contribution >= 4 is 17.2 Å². The number of hydrogen-bond donors (Lipinski definition) is 0. The van der Waals surface area contributed by atoms with Crippen molar-refractivity contribution in [3.8, 4) is 0 Å². The molecule has 0 N–H and O–H groups in total. The molecule has 1 atom stereocenters. The van der Waals surface area contributed by atoms with Crippen molar-refractivity contribution in [2.75, 3.05) is 19.7 Å². The zero-order valence-electron chi connectivity index (χ0n) is 11.9. The van der Waals surface area contributed by atoms with Crippen molar-refractivity contribution in [1.29, 1.82) is 0 Å². The molecule has 21 heavy (non-hydrogen) atoms. The molecule has 1 aliphatic heterocycles. The lowest BCUT2D eigenvalue weighted by molar-refractivity contribution is -0.0267. The van der Waals surface area contributed by atoms with Crippen molar-refractivity contribution in [1.82, 2.24) is 19.9 Å². The highest BCUT2D eigenvalue weighted by Gasteiger charge is 2.28. The van der Waals surface area contributed by atoms with Crippen LogP contribution in [-0.2, 0) is 4.74 Å². The maximum absolute atomic E-state index is 12.4. The first-order valence-corrected chi connectivity index (χ1v) is 7.63. The molecular weight excluding hydrogens is 288 g/mol. The number of carbonyl (C=O) groups is 1. The third-order valence-corrected chi connectivity index (χ3v) is 4.05. The highest BCUT2D eigenvalue weighted by molar-refractivity contribution is 7.11. The molecule has 110 valence electrons. The van der Waals surface area contributed by atoms with E-state index in [1.54, 1.807) is 16.6 Å². The quantitative estimate of drug-likeness (QED) is 0.845. The molecule has 0 aliphatic carbocycles. The van der Waals surface area contributed by atoms with Crippen LogP contribution in [0.15, 0.2) is 17.8 Å². The van der Waals surface area contributed by atoms with Gasteiger partial charge in [0.15, 0.2) is 5.82 Å². The summed E-state index contributed by atoms with van der Waals surface area (Å²) in [6.45, 7) is 5.41.